The monoisotopic (exact) mass is 437 g/mol. The zero-order valence-electron chi connectivity index (χ0n) is 13.1. The molecule has 2 aromatic rings. The van der Waals surface area contributed by atoms with E-state index in [0.29, 0.717) is 5.56 Å². The smallest absolute Gasteiger partial charge is 0.341 e. The molecule has 0 saturated heterocycles. The van der Waals surface area contributed by atoms with Crippen molar-refractivity contribution >= 4 is 50.8 Å². The lowest BCUT2D eigenvalue weighted by atomic mass is 10.1. The molecule has 0 aliphatic heterocycles. The molecular weight excluding hydrogens is 425 g/mol. The number of hydrogen-bond donors (Lipinski definition) is 2. The largest absolute Gasteiger partial charge is 0.482 e. The van der Waals surface area contributed by atoms with Crippen LogP contribution in [0.2, 0.25) is 0 Å². The van der Waals surface area contributed by atoms with Crippen LogP contribution < -0.4 is 9.46 Å². The topological polar surface area (TPSA) is 92.7 Å². The van der Waals surface area contributed by atoms with E-state index in [4.69, 9.17) is 44.6 Å². The number of aliphatic carboxylic acids is 1. The van der Waals surface area contributed by atoms with Gasteiger partial charge in [0.1, 0.15) is 5.75 Å². The van der Waals surface area contributed by atoms with Crippen molar-refractivity contribution in [3.8, 4) is 5.75 Å². The minimum Gasteiger partial charge on any atom is -0.482 e. The van der Waals surface area contributed by atoms with E-state index in [1.165, 1.54) is 36.4 Å². The van der Waals surface area contributed by atoms with Crippen molar-refractivity contribution < 1.29 is 23.1 Å². The van der Waals surface area contributed by atoms with Gasteiger partial charge in [-0.1, -0.05) is 65.1 Å². The summed E-state index contributed by atoms with van der Waals surface area (Å²) in [5, 5.41) is 8.61. The number of alkyl halides is 3. The number of benzene rings is 2. The van der Waals surface area contributed by atoms with Crippen molar-refractivity contribution in [2.45, 2.75) is 14.7 Å². The first-order valence-electron chi connectivity index (χ1n) is 7.18. The van der Waals surface area contributed by atoms with E-state index < -0.39 is 32.4 Å². The molecule has 0 saturated carbocycles. The lowest BCUT2D eigenvalue weighted by Crippen LogP contribution is -2.36. The summed E-state index contributed by atoms with van der Waals surface area (Å²) in [6.07, 6.45) is 0. The number of nitrogens with one attached hydrogen (secondary N) is 1. The van der Waals surface area contributed by atoms with Crippen molar-refractivity contribution in [2.75, 3.05) is 6.61 Å². The summed E-state index contributed by atoms with van der Waals surface area (Å²) in [5.74, 6) is -0.839. The van der Waals surface area contributed by atoms with E-state index in [2.05, 4.69) is 4.72 Å². The van der Waals surface area contributed by atoms with Crippen LogP contribution in [0.15, 0.2) is 59.5 Å². The highest BCUT2D eigenvalue weighted by Gasteiger charge is 2.37. The fraction of sp³-hybridized carbons (Fsp3) is 0.188. The Hall–Kier alpha value is -1.51. The number of sulfonamides is 1. The molecule has 10 heteroatoms. The van der Waals surface area contributed by atoms with E-state index in [1.807, 2.05) is 0 Å². The Morgan fingerprint density at radius 1 is 1.08 bits per heavy atom. The Morgan fingerprint density at radius 2 is 1.65 bits per heavy atom. The summed E-state index contributed by atoms with van der Waals surface area (Å²) < 4.78 is 30.5. The SMILES string of the molecule is O=C(O)COc1ccc(C(NS(=O)(=O)c2ccccc2)C(Cl)(Cl)Cl)cc1. The predicted octanol–water partition coefficient (Wildman–Crippen LogP) is 3.54. The third kappa shape index (κ3) is 5.75. The first-order chi connectivity index (χ1) is 12.1. The van der Waals surface area contributed by atoms with Crippen LogP contribution in [0.3, 0.4) is 0 Å². The lowest BCUT2D eigenvalue weighted by Gasteiger charge is -2.26. The molecule has 140 valence electrons. The first-order valence-corrected chi connectivity index (χ1v) is 9.80. The normalized spacial score (nSPS) is 13.2. The number of halogens is 3. The Morgan fingerprint density at radius 3 is 2.15 bits per heavy atom. The highest BCUT2D eigenvalue weighted by atomic mass is 35.6. The van der Waals surface area contributed by atoms with Crippen LogP contribution in [0.25, 0.3) is 0 Å². The maximum absolute atomic E-state index is 12.5. The zero-order chi connectivity index (χ0) is 19.4. The Labute approximate surface area is 165 Å². The van der Waals surface area contributed by atoms with Crippen molar-refractivity contribution in [2.24, 2.45) is 0 Å². The van der Waals surface area contributed by atoms with Gasteiger partial charge in [0.05, 0.1) is 10.9 Å². The summed E-state index contributed by atoms with van der Waals surface area (Å²) in [5.41, 5.74) is 0.368. The number of carboxylic acids is 1. The van der Waals surface area contributed by atoms with Crippen molar-refractivity contribution in [1.29, 1.82) is 0 Å². The van der Waals surface area contributed by atoms with Crippen LogP contribution >= 0.6 is 34.8 Å². The minimum absolute atomic E-state index is 0.0284. The third-order valence-electron chi connectivity index (χ3n) is 3.23. The van der Waals surface area contributed by atoms with Gasteiger partial charge in [0.2, 0.25) is 13.8 Å². The van der Waals surface area contributed by atoms with E-state index in [1.54, 1.807) is 18.2 Å². The van der Waals surface area contributed by atoms with Crippen molar-refractivity contribution in [1.82, 2.24) is 4.72 Å². The third-order valence-corrected chi connectivity index (χ3v) is 5.32. The lowest BCUT2D eigenvalue weighted by molar-refractivity contribution is -0.139. The predicted molar refractivity (Wildman–Crippen MR) is 99.4 cm³/mol. The molecule has 1 unspecified atom stereocenters. The van der Waals surface area contributed by atoms with Crippen molar-refractivity contribution in [3.63, 3.8) is 0 Å². The maximum Gasteiger partial charge on any atom is 0.341 e. The summed E-state index contributed by atoms with van der Waals surface area (Å²) in [6.45, 7) is -0.506. The van der Waals surface area contributed by atoms with Gasteiger partial charge in [0.15, 0.2) is 6.61 Å². The van der Waals surface area contributed by atoms with Crippen LogP contribution in [0.5, 0.6) is 5.75 Å². The molecule has 2 aromatic carbocycles. The number of carbonyl (C=O) groups is 1. The Bertz CT molecular complexity index is 852. The summed E-state index contributed by atoms with van der Waals surface area (Å²) in [7, 11) is -3.93. The average molecular weight is 439 g/mol. The number of carboxylic acid groups (broad SMARTS) is 1. The Kier molecular flexibility index (Phi) is 6.76. The molecule has 26 heavy (non-hydrogen) atoms. The molecule has 6 nitrogen and oxygen atoms in total. The molecular formula is C16H14Cl3NO5S. The van der Waals surface area contributed by atoms with Gasteiger partial charge in [-0.2, -0.15) is 4.72 Å². The molecule has 0 radical (unpaired) electrons. The van der Waals surface area contributed by atoms with E-state index in [-0.39, 0.29) is 10.6 Å². The molecule has 1 atom stereocenters. The second-order valence-corrected chi connectivity index (χ2v) is 9.24. The summed E-state index contributed by atoms with van der Waals surface area (Å²) in [6, 6.07) is 12.4. The highest BCUT2D eigenvalue weighted by molar-refractivity contribution is 7.89. The molecule has 0 aromatic heterocycles. The van der Waals surface area contributed by atoms with E-state index in [9.17, 15) is 13.2 Å². The minimum atomic E-state index is -3.93. The molecule has 2 rings (SSSR count). The molecule has 0 aliphatic rings. The van der Waals surface area contributed by atoms with E-state index >= 15 is 0 Å². The quantitative estimate of drug-likeness (QED) is 0.645. The fourth-order valence-electron chi connectivity index (χ4n) is 2.05. The van der Waals surface area contributed by atoms with Crippen LogP contribution in [0.4, 0.5) is 0 Å². The second-order valence-electron chi connectivity index (χ2n) is 5.16. The second kappa shape index (κ2) is 8.45. The number of ether oxygens (including phenoxy) is 1. The number of rotatable bonds is 7. The summed E-state index contributed by atoms with van der Waals surface area (Å²) >= 11 is 17.9. The average Bonchev–Trinajstić information content (AvgIpc) is 2.58. The fourth-order valence-corrected chi connectivity index (χ4v) is 4.06. The van der Waals surface area contributed by atoms with Gasteiger partial charge < -0.3 is 9.84 Å². The van der Waals surface area contributed by atoms with E-state index in [0.717, 1.165) is 0 Å². The standard InChI is InChI=1S/C16H14Cl3NO5S/c17-16(18,19)15(20-26(23,24)13-4-2-1-3-5-13)11-6-8-12(9-7-11)25-10-14(21)22/h1-9,15,20H,10H2,(H,21,22). The molecule has 0 aliphatic carbocycles. The van der Waals surface area contributed by atoms with Crippen LogP contribution in [-0.4, -0.2) is 29.9 Å². The van der Waals surface area contributed by atoms with Gasteiger partial charge in [-0.3, -0.25) is 0 Å². The van der Waals surface area contributed by atoms with Gasteiger partial charge in [-0.15, -0.1) is 0 Å². The van der Waals surface area contributed by atoms with Crippen LogP contribution in [0, 0.1) is 0 Å². The number of hydrogen-bond acceptors (Lipinski definition) is 4. The van der Waals surface area contributed by atoms with Gasteiger partial charge in [0, 0.05) is 0 Å². The van der Waals surface area contributed by atoms with Crippen LogP contribution in [0.1, 0.15) is 11.6 Å². The van der Waals surface area contributed by atoms with Gasteiger partial charge in [-0.05, 0) is 29.8 Å². The molecule has 0 fully saturated rings. The first kappa shape index (κ1) is 20.8. The zero-order valence-corrected chi connectivity index (χ0v) is 16.2. The van der Waals surface area contributed by atoms with Gasteiger partial charge >= 0.3 is 5.97 Å². The molecule has 0 spiro atoms. The molecule has 2 N–H and O–H groups in total. The van der Waals surface area contributed by atoms with Gasteiger partial charge in [-0.25, -0.2) is 13.2 Å². The van der Waals surface area contributed by atoms with Crippen LogP contribution in [-0.2, 0) is 14.8 Å². The highest BCUT2D eigenvalue weighted by Crippen LogP contribution is 2.41. The molecule has 0 heterocycles. The molecule has 0 amide bonds. The Balaban J connectivity index is 2.27. The summed E-state index contributed by atoms with van der Waals surface area (Å²) in [4.78, 5) is 10.5. The van der Waals surface area contributed by atoms with Gasteiger partial charge in [0.25, 0.3) is 0 Å². The molecule has 0 bridgehead atoms. The van der Waals surface area contributed by atoms with Crippen molar-refractivity contribution in [3.05, 3.63) is 60.2 Å². The maximum atomic E-state index is 12.5.